The Morgan fingerprint density at radius 1 is 1.25 bits per heavy atom. The minimum Gasteiger partial charge on any atom is -0.0811 e. The first-order valence-corrected chi connectivity index (χ1v) is 3.77. The van der Waals surface area contributed by atoms with Crippen LogP contribution in [0.4, 0.5) is 0 Å². The zero-order valence-electron chi connectivity index (χ0n) is 6.41. The number of rotatable bonds is 4. The predicted octanol–water partition coefficient (Wildman–Crippen LogP) is 1.86. The lowest BCUT2D eigenvalue weighted by molar-refractivity contribution is 0.550. The molecule has 0 nitrogen and oxygen atoms in total. The standard InChI is InChI=1S/C7H17B/c1-7(2)5-3-4-6-8/h7H,3-6,8H2,1-2H3. The van der Waals surface area contributed by atoms with Crippen LogP contribution in [0, 0.1) is 5.92 Å². The second-order valence-electron chi connectivity index (χ2n) is 2.89. The van der Waals surface area contributed by atoms with Crippen molar-refractivity contribution in [2.45, 2.75) is 39.4 Å². The second kappa shape index (κ2) is 5.21. The summed E-state index contributed by atoms with van der Waals surface area (Å²) in [4.78, 5) is 0. The van der Waals surface area contributed by atoms with Gasteiger partial charge in [-0.2, -0.15) is 0 Å². The molecule has 0 aromatic rings. The maximum atomic E-state index is 2.29. The average molecular weight is 112 g/mol. The summed E-state index contributed by atoms with van der Waals surface area (Å²) in [5.41, 5.74) is 0. The van der Waals surface area contributed by atoms with E-state index in [0.29, 0.717) is 0 Å². The van der Waals surface area contributed by atoms with Crippen LogP contribution in [-0.2, 0) is 0 Å². The van der Waals surface area contributed by atoms with Crippen LogP contribution in [0.2, 0.25) is 6.32 Å². The first-order chi connectivity index (χ1) is 3.77. The van der Waals surface area contributed by atoms with E-state index in [0.717, 1.165) is 5.92 Å². The third-order valence-corrected chi connectivity index (χ3v) is 1.39. The lowest BCUT2D eigenvalue weighted by Crippen LogP contribution is -1.85. The first-order valence-electron chi connectivity index (χ1n) is 3.77. The Kier molecular flexibility index (Phi) is 5.25. The van der Waals surface area contributed by atoms with Gasteiger partial charge >= 0.3 is 0 Å². The molecule has 8 heavy (non-hydrogen) atoms. The molecule has 0 saturated heterocycles. The van der Waals surface area contributed by atoms with Crippen molar-refractivity contribution in [2.24, 2.45) is 5.92 Å². The van der Waals surface area contributed by atoms with E-state index in [4.69, 9.17) is 0 Å². The van der Waals surface area contributed by atoms with Crippen LogP contribution in [0.3, 0.4) is 0 Å². The molecule has 0 atom stereocenters. The largest absolute Gasteiger partial charge is 0.101 e. The van der Waals surface area contributed by atoms with Crippen molar-refractivity contribution in [3.05, 3.63) is 0 Å². The van der Waals surface area contributed by atoms with Gasteiger partial charge in [-0.15, -0.1) is 0 Å². The Morgan fingerprint density at radius 3 is 2.25 bits per heavy atom. The van der Waals surface area contributed by atoms with Crippen LogP contribution in [0.5, 0.6) is 0 Å². The zero-order valence-corrected chi connectivity index (χ0v) is 6.41. The van der Waals surface area contributed by atoms with Crippen molar-refractivity contribution >= 4 is 7.85 Å². The number of hydrogen-bond donors (Lipinski definition) is 0. The third kappa shape index (κ3) is 6.06. The Labute approximate surface area is 54.1 Å². The normalized spacial score (nSPS) is 10.4. The highest BCUT2D eigenvalue weighted by Crippen LogP contribution is 2.06. The molecule has 48 valence electrons. The summed E-state index contributed by atoms with van der Waals surface area (Å²) in [7, 11) is 2.25. The van der Waals surface area contributed by atoms with Gasteiger partial charge in [-0.05, 0) is 5.92 Å². The van der Waals surface area contributed by atoms with E-state index in [2.05, 4.69) is 21.7 Å². The van der Waals surface area contributed by atoms with Crippen molar-refractivity contribution in [2.75, 3.05) is 0 Å². The highest BCUT2D eigenvalue weighted by atomic mass is 14.0. The molecule has 0 aromatic heterocycles. The quantitative estimate of drug-likeness (QED) is 0.384. The number of unbranched alkanes of at least 4 members (excludes halogenated alkanes) is 1. The van der Waals surface area contributed by atoms with E-state index in [-0.39, 0.29) is 0 Å². The molecule has 0 spiro atoms. The van der Waals surface area contributed by atoms with Gasteiger partial charge < -0.3 is 0 Å². The van der Waals surface area contributed by atoms with Crippen molar-refractivity contribution in [1.82, 2.24) is 0 Å². The summed E-state index contributed by atoms with van der Waals surface area (Å²) in [6, 6.07) is 0. The van der Waals surface area contributed by atoms with E-state index < -0.39 is 0 Å². The average Bonchev–Trinajstić information content (AvgIpc) is 1.66. The molecule has 0 aliphatic rings. The van der Waals surface area contributed by atoms with Crippen molar-refractivity contribution < 1.29 is 0 Å². The summed E-state index contributed by atoms with van der Waals surface area (Å²) in [6.07, 6.45) is 5.60. The fraction of sp³-hybridized carbons (Fsp3) is 1.00. The molecule has 0 N–H and O–H groups in total. The van der Waals surface area contributed by atoms with Gasteiger partial charge in [-0.25, -0.2) is 0 Å². The minimum atomic E-state index is 0.904. The van der Waals surface area contributed by atoms with Crippen molar-refractivity contribution in [3.8, 4) is 0 Å². The molecule has 0 unspecified atom stereocenters. The second-order valence-corrected chi connectivity index (χ2v) is 2.89. The molecule has 0 aliphatic heterocycles. The Balaban J connectivity index is 2.72. The smallest absolute Gasteiger partial charge is 0.0811 e. The molecule has 0 amide bonds. The topological polar surface area (TPSA) is 0 Å². The van der Waals surface area contributed by atoms with Crippen molar-refractivity contribution in [3.63, 3.8) is 0 Å². The van der Waals surface area contributed by atoms with Crippen LogP contribution >= 0.6 is 0 Å². The molecule has 0 bridgehead atoms. The maximum Gasteiger partial charge on any atom is 0.101 e. The minimum absolute atomic E-state index is 0.904. The molecule has 1 heteroatoms. The van der Waals surface area contributed by atoms with Gasteiger partial charge in [0.1, 0.15) is 7.85 Å². The molecule has 0 aliphatic carbocycles. The lowest BCUT2D eigenvalue weighted by atomic mass is 9.97. The molecule has 0 aromatic carbocycles. The van der Waals surface area contributed by atoms with Gasteiger partial charge in [-0.3, -0.25) is 0 Å². The molecule has 0 rings (SSSR count). The van der Waals surface area contributed by atoms with E-state index in [1.165, 1.54) is 25.6 Å². The van der Waals surface area contributed by atoms with Crippen LogP contribution in [0.25, 0.3) is 0 Å². The van der Waals surface area contributed by atoms with E-state index in [1.54, 1.807) is 0 Å². The van der Waals surface area contributed by atoms with E-state index in [9.17, 15) is 0 Å². The third-order valence-electron chi connectivity index (χ3n) is 1.39. The van der Waals surface area contributed by atoms with Crippen LogP contribution in [0.15, 0.2) is 0 Å². The van der Waals surface area contributed by atoms with Gasteiger partial charge in [0, 0.05) is 0 Å². The van der Waals surface area contributed by atoms with E-state index >= 15 is 0 Å². The van der Waals surface area contributed by atoms with Crippen molar-refractivity contribution in [1.29, 1.82) is 0 Å². The molecular formula is C7H17B. The SMILES string of the molecule is BCCCCC(C)C. The van der Waals surface area contributed by atoms with Gasteiger partial charge in [0.25, 0.3) is 0 Å². The monoisotopic (exact) mass is 112 g/mol. The Bertz CT molecular complexity index is 41.7. The predicted molar refractivity (Wildman–Crippen MR) is 42.0 cm³/mol. The highest BCUT2D eigenvalue weighted by Gasteiger charge is 1.90. The van der Waals surface area contributed by atoms with Gasteiger partial charge in [0.15, 0.2) is 0 Å². The van der Waals surface area contributed by atoms with Crippen LogP contribution < -0.4 is 0 Å². The Morgan fingerprint density at radius 2 is 1.88 bits per heavy atom. The molecule has 0 fully saturated rings. The fourth-order valence-corrected chi connectivity index (χ4v) is 0.803. The summed E-state index contributed by atoms with van der Waals surface area (Å²) in [5.74, 6) is 0.904. The maximum absolute atomic E-state index is 2.29. The van der Waals surface area contributed by atoms with Crippen LogP contribution in [-0.4, -0.2) is 7.85 Å². The molecular weight excluding hydrogens is 94.9 g/mol. The zero-order chi connectivity index (χ0) is 6.41. The summed E-state index contributed by atoms with van der Waals surface area (Å²) >= 11 is 0. The molecule has 0 heterocycles. The lowest BCUT2D eigenvalue weighted by Gasteiger charge is -2.00. The van der Waals surface area contributed by atoms with Gasteiger partial charge in [-0.1, -0.05) is 39.4 Å². The fourth-order valence-electron chi connectivity index (χ4n) is 0.803. The van der Waals surface area contributed by atoms with E-state index in [1.807, 2.05) is 0 Å². The number of hydrogen-bond acceptors (Lipinski definition) is 0. The summed E-state index contributed by atoms with van der Waals surface area (Å²) in [5, 5.41) is 0. The summed E-state index contributed by atoms with van der Waals surface area (Å²) in [6.45, 7) is 4.57. The molecule has 0 saturated carbocycles. The molecule has 0 radical (unpaired) electrons. The van der Waals surface area contributed by atoms with Gasteiger partial charge in [0.05, 0.1) is 0 Å². The van der Waals surface area contributed by atoms with Gasteiger partial charge in [0.2, 0.25) is 0 Å². The Hall–Kier alpha value is 0.0649. The summed E-state index contributed by atoms with van der Waals surface area (Å²) < 4.78 is 0. The highest BCUT2D eigenvalue weighted by molar-refractivity contribution is 6.08. The van der Waals surface area contributed by atoms with Crippen LogP contribution in [0.1, 0.15) is 33.1 Å². The first kappa shape index (κ1) is 8.06.